The van der Waals surface area contributed by atoms with E-state index in [1.165, 1.54) is 37.8 Å². The van der Waals surface area contributed by atoms with Gasteiger partial charge in [-0.05, 0) is 50.2 Å². The van der Waals surface area contributed by atoms with Crippen LogP contribution in [0.2, 0.25) is 0 Å². The maximum absolute atomic E-state index is 4.35. The average Bonchev–Trinajstić information content (AvgIpc) is 2.58. The fourth-order valence-electron chi connectivity index (χ4n) is 2.93. The highest BCUT2D eigenvalue weighted by Gasteiger charge is 2.20. The number of hydrogen-bond acceptors (Lipinski definition) is 2. The molecule has 2 nitrogen and oxygen atoms in total. The maximum Gasteiger partial charge on any atom is 0.0529 e. The van der Waals surface area contributed by atoms with Crippen molar-refractivity contribution in [2.24, 2.45) is 11.8 Å². The largest absolute Gasteiger partial charge is 0.381 e. The summed E-state index contributed by atoms with van der Waals surface area (Å²) < 4.78 is 0. The fraction of sp³-hybridized carbons (Fsp3) is 0.688. The lowest BCUT2D eigenvalue weighted by molar-refractivity contribution is 0.341. The van der Waals surface area contributed by atoms with Gasteiger partial charge in [-0.15, -0.1) is 0 Å². The van der Waals surface area contributed by atoms with Gasteiger partial charge in [0.1, 0.15) is 0 Å². The Kier molecular flexibility index (Phi) is 4.62. The molecule has 2 heteroatoms. The molecule has 1 N–H and O–H groups in total. The van der Waals surface area contributed by atoms with Crippen LogP contribution in [0.15, 0.2) is 18.3 Å². The molecular formula is C16H26N2. The van der Waals surface area contributed by atoms with Gasteiger partial charge in [0.05, 0.1) is 11.9 Å². The zero-order valence-corrected chi connectivity index (χ0v) is 11.9. The van der Waals surface area contributed by atoms with Gasteiger partial charge in [0.2, 0.25) is 0 Å². The van der Waals surface area contributed by atoms with E-state index in [4.69, 9.17) is 0 Å². The second-order valence-electron chi connectivity index (χ2n) is 6.04. The molecule has 1 aromatic heterocycles. The Morgan fingerprint density at radius 2 is 2.00 bits per heavy atom. The Morgan fingerprint density at radius 1 is 1.17 bits per heavy atom. The Labute approximate surface area is 111 Å². The van der Waals surface area contributed by atoms with Crippen LogP contribution in [0, 0.1) is 18.8 Å². The molecule has 0 amide bonds. The first-order chi connectivity index (χ1) is 8.65. The molecule has 1 aliphatic rings. The predicted molar refractivity (Wildman–Crippen MR) is 77.8 cm³/mol. The van der Waals surface area contributed by atoms with Gasteiger partial charge in [0.15, 0.2) is 0 Å². The van der Waals surface area contributed by atoms with Crippen molar-refractivity contribution in [3.8, 4) is 0 Å². The number of nitrogens with one attached hydrogen (secondary N) is 1. The second kappa shape index (κ2) is 6.21. The molecule has 0 aromatic carbocycles. The molecular weight excluding hydrogens is 220 g/mol. The molecule has 1 heterocycles. The number of aryl methyl sites for hydroxylation is 1. The SMILES string of the molecule is Cc1ccc(NC2CCCC(C(C)C)CC2)cn1. The van der Waals surface area contributed by atoms with E-state index in [0.29, 0.717) is 6.04 Å². The monoisotopic (exact) mass is 246 g/mol. The second-order valence-corrected chi connectivity index (χ2v) is 6.04. The molecule has 1 saturated carbocycles. The minimum atomic E-state index is 0.637. The molecule has 2 rings (SSSR count). The summed E-state index contributed by atoms with van der Waals surface area (Å²) >= 11 is 0. The zero-order chi connectivity index (χ0) is 13.0. The van der Waals surface area contributed by atoms with Gasteiger partial charge in [-0.2, -0.15) is 0 Å². The third-order valence-electron chi connectivity index (χ3n) is 4.24. The summed E-state index contributed by atoms with van der Waals surface area (Å²) in [6.07, 6.45) is 8.70. The van der Waals surface area contributed by atoms with Crippen molar-refractivity contribution in [3.05, 3.63) is 24.0 Å². The summed E-state index contributed by atoms with van der Waals surface area (Å²) in [7, 11) is 0. The van der Waals surface area contributed by atoms with Crippen molar-refractivity contribution in [3.63, 3.8) is 0 Å². The van der Waals surface area contributed by atoms with Crippen molar-refractivity contribution in [1.29, 1.82) is 0 Å². The number of pyridine rings is 1. The molecule has 0 aliphatic heterocycles. The van der Waals surface area contributed by atoms with Crippen LogP contribution in [0.4, 0.5) is 5.69 Å². The van der Waals surface area contributed by atoms with Gasteiger partial charge in [0.25, 0.3) is 0 Å². The molecule has 1 fully saturated rings. The van der Waals surface area contributed by atoms with Gasteiger partial charge in [0, 0.05) is 11.7 Å². The third-order valence-corrected chi connectivity index (χ3v) is 4.24. The number of hydrogen-bond donors (Lipinski definition) is 1. The molecule has 2 atom stereocenters. The average molecular weight is 246 g/mol. The van der Waals surface area contributed by atoms with Crippen LogP contribution >= 0.6 is 0 Å². The van der Waals surface area contributed by atoms with Gasteiger partial charge in [-0.25, -0.2) is 0 Å². The molecule has 1 aliphatic carbocycles. The first kappa shape index (κ1) is 13.4. The number of aromatic nitrogens is 1. The van der Waals surface area contributed by atoms with E-state index in [1.54, 1.807) is 0 Å². The first-order valence-electron chi connectivity index (χ1n) is 7.34. The highest BCUT2D eigenvalue weighted by Crippen LogP contribution is 2.29. The van der Waals surface area contributed by atoms with E-state index >= 15 is 0 Å². The van der Waals surface area contributed by atoms with Gasteiger partial charge in [-0.1, -0.05) is 26.7 Å². The van der Waals surface area contributed by atoms with Gasteiger partial charge in [-0.3, -0.25) is 4.98 Å². The number of anilines is 1. The van der Waals surface area contributed by atoms with Crippen molar-refractivity contribution in [2.75, 3.05) is 5.32 Å². The number of nitrogens with zero attached hydrogens (tertiary/aromatic N) is 1. The van der Waals surface area contributed by atoms with Crippen molar-refractivity contribution >= 4 is 5.69 Å². The normalized spacial score (nSPS) is 24.9. The molecule has 18 heavy (non-hydrogen) atoms. The lowest BCUT2D eigenvalue weighted by atomic mass is 9.89. The first-order valence-corrected chi connectivity index (χ1v) is 7.34. The van der Waals surface area contributed by atoms with Crippen molar-refractivity contribution < 1.29 is 0 Å². The minimum Gasteiger partial charge on any atom is -0.381 e. The summed E-state index contributed by atoms with van der Waals surface area (Å²) in [5, 5.41) is 3.65. The third kappa shape index (κ3) is 3.72. The Bertz CT molecular complexity index is 356. The van der Waals surface area contributed by atoms with E-state index in [9.17, 15) is 0 Å². The van der Waals surface area contributed by atoms with Gasteiger partial charge < -0.3 is 5.32 Å². The van der Waals surface area contributed by atoms with E-state index in [-0.39, 0.29) is 0 Å². The molecule has 0 saturated heterocycles. The van der Waals surface area contributed by atoms with Crippen molar-refractivity contribution in [1.82, 2.24) is 4.98 Å². The lowest BCUT2D eigenvalue weighted by Crippen LogP contribution is -2.18. The molecule has 0 bridgehead atoms. The van der Waals surface area contributed by atoms with Crippen molar-refractivity contribution in [2.45, 2.75) is 58.9 Å². The zero-order valence-electron chi connectivity index (χ0n) is 11.9. The Hall–Kier alpha value is -1.05. The Morgan fingerprint density at radius 3 is 2.67 bits per heavy atom. The van der Waals surface area contributed by atoms with Crippen LogP contribution in [-0.4, -0.2) is 11.0 Å². The fourth-order valence-corrected chi connectivity index (χ4v) is 2.93. The summed E-state index contributed by atoms with van der Waals surface area (Å²) in [6, 6.07) is 4.86. The Balaban J connectivity index is 1.88. The minimum absolute atomic E-state index is 0.637. The smallest absolute Gasteiger partial charge is 0.0529 e. The molecule has 0 radical (unpaired) electrons. The van der Waals surface area contributed by atoms with Crippen LogP contribution in [0.25, 0.3) is 0 Å². The number of rotatable bonds is 3. The predicted octanol–water partition coefficient (Wildman–Crippen LogP) is 4.41. The van der Waals surface area contributed by atoms with E-state index < -0.39 is 0 Å². The van der Waals surface area contributed by atoms with Crippen LogP contribution in [-0.2, 0) is 0 Å². The molecule has 0 spiro atoms. The van der Waals surface area contributed by atoms with Crippen LogP contribution < -0.4 is 5.32 Å². The molecule has 1 aromatic rings. The molecule has 100 valence electrons. The van der Waals surface area contributed by atoms with Crippen LogP contribution in [0.5, 0.6) is 0 Å². The molecule has 2 unspecified atom stereocenters. The topological polar surface area (TPSA) is 24.9 Å². The standard InChI is InChI=1S/C16H26N2/c1-12(2)14-5-4-6-15(10-8-14)18-16-9-7-13(3)17-11-16/h7,9,11-12,14-15,18H,4-6,8,10H2,1-3H3. The highest BCUT2D eigenvalue weighted by molar-refractivity contribution is 5.41. The summed E-state index contributed by atoms with van der Waals surface area (Å²) in [4.78, 5) is 4.35. The maximum atomic E-state index is 4.35. The van der Waals surface area contributed by atoms with Gasteiger partial charge >= 0.3 is 0 Å². The highest BCUT2D eigenvalue weighted by atomic mass is 14.9. The summed E-state index contributed by atoms with van der Waals surface area (Å²) in [5.74, 6) is 1.76. The van der Waals surface area contributed by atoms with Crippen LogP contribution in [0.1, 0.15) is 51.6 Å². The lowest BCUT2D eigenvalue weighted by Gasteiger charge is -2.19. The van der Waals surface area contributed by atoms with E-state index in [2.05, 4.69) is 36.3 Å². The van der Waals surface area contributed by atoms with E-state index in [0.717, 1.165) is 17.5 Å². The summed E-state index contributed by atoms with van der Waals surface area (Å²) in [6.45, 7) is 6.76. The summed E-state index contributed by atoms with van der Waals surface area (Å²) in [5.41, 5.74) is 2.26. The van der Waals surface area contributed by atoms with Crippen LogP contribution in [0.3, 0.4) is 0 Å². The van der Waals surface area contributed by atoms with E-state index in [1.807, 2.05) is 13.1 Å². The quantitative estimate of drug-likeness (QED) is 0.799.